The predicted molar refractivity (Wildman–Crippen MR) is 56.2 cm³/mol. The first-order valence-electron chi connectivity index (χ1n) is 4.34. The van der Waals surface area contributed by atoms with Gasteiger partial charge in [0.25, 0.3) is 0 Å². The van der Waals surface area contributed by atoms with Crippen LogP contribution in [-0.2, 0) is 0 Å². The first-order chi connectivity index (χ1) is 6.84. The minimum atomic E-state index is 0.697. The van der Waals surface area contributed by atoms with Gasteiger partial charge in [-0.2, -0.15) is 0 Å². The van der Waals surface area contributed by atoms with Gasteiger partial charge >= 0.3 is 0 Å². The second-order valence-corrected chi connectivity index (χ2v) is 2.91. The van der Waals surface area contributed by atoms with Gasteiger partial charge in [-0.1, -0.05) is 18.2 Å². The normalized spacial score (nSPS) is 9.71. The monoisotopic (exact) mass is 184 g/mol. The Labute approximate surface area is 82.9 Å². The van der Waals surface area contributed by atoms with Crippen molar-refractivity contribution in [2.45, 2.75) is 0 Å². The second kappa shape index (κ2) is 3.83. The van der Waals surface area contributed by atoms with Gasteiger partial charge < -0.3 is 10.5 Å². The average Bonchev–Trinajstić information content (AvgIpc) is 2.19. The van der Waals surface area contributed by atoms with Crippen LogP contribution in [0, 0.1) is 6.07 Å². The van der Waals surface area contributed by atoms with Crippen LogP contribution in [0.15, 0.2) is 48.5 Å². The molecule has 0 saturated carbocycles. The number of hydrogen-bond donors (Lipinski definition) is 1. The molecule has 0 saturated heterocycles. The van der Waals surface area contributed by atoms with Crippen LogP contribution in [0.2, 0.25) is 0 Å². The van der Waals surface area contributed by atoms with E-state index in [-0.39, 0.29) is 0 Å². The van der Waals surface area contributed by atoms with Crippen LogP contribution in [0.25, 0.3) is 0 Å². The molecule has 2 rings (SSSR count). The summed E-state index contributed by atoms with van der Waals surface area (Å²) in [6.45, 7) is 0. The zero-order valence-corrected chi connectivity index (χ0v) is 7.60. The van der Waals surface area contributed by atoms with Crippen molar-refractivity contribution in [2.24, 2.45) is 0 Å². The number of nitrogen functional groups attached to an aromatic ring is 1. The Balaban J connectivity index is 2.19. The summed E-state index contributed by atoms with van der Waals surface area (Å²) in [5.74, 6) is 1.50. The molecule has 2 nitrogen and oxygen atoms in total. The molecule has 2 N–H and O–H groups in total. The lowest BCUT2D eigenvalue weighted by Gasteiger charge is -2.05. The summed E-state index contributed by atoms with van der Waals surface area (Å²) in [5, 5.41) is 0. The SMILES string of the molecule is Nc1cccc(Oc2c[c]ccc2)c1. The Bertz CT molecular complexity index is 412. The van der Waals surface area contributed by atoms with Crippen LogP contribution in [0.1, 0.15) is 0 Å². The first kappa shape index (κ1) is 8.63. The Morgan fingerprint density at radius 2 is 1.93 bits per heavy atom. The third kappa shape index (κ3) is 2.04. The van der Waals surface area contributed by atoms with Gasteiger partial charge in [-0.25, -0.2) is 0 Å². The summed E-state index contributed by atoms with van der Waals surface area (Å²) in [6, 6.07) is 17.6. The summed E-state index contributed by atoms with van der Waals surface area (Å²) in [6.07, 6.45) is 0. The van der Waals surface area contributed by atoms with Crippen LogP contribution in [0.4, 0.5) is 5.69 Å². The molecule has 0 amide bonds. The zero-order valence-electron chi connectivity index (χ0n) is 7.60. The van der Waals surface area contributed by atoms with Crippen LogP contribution >= 0.6 is 0 Å². The number of nitrogens with two attached hydrogens (primary N) is 1. The lowest BCUT2D eigenvalue weighted by molar-refractivity contribution is 0.483. The number of anilines is 1. The Morgan fingerprint density at radius 3 is 2.64 bits per heavy atom. The number of benzene rings is 2. The van der Waals surface area contributed by atoms with Crippen LogP contribution < -0.4 is 10.5 Å². The van der Waals surface area contributed by atoms with E-state index in [1.165, 1.54) is 0 Å². The van der Waals surface area contributed by atoms with Gasteiger partial charge in [0.2, 0.25) is 0 Å². The summed E-state index contributed by atoms with van der Waals surface area (Å²) >= 11 is 0. The molecule has 2 aromatic rings. The minimum Gasteiger partial charge on any atom is -0.457 e. The van der Waals surface area contributed by atoms with Gasteiger partial charge in [-0.05, 0) is 30.3 Å². The molecule has 0 aliphatic rings. The molecule has 0 heterocycles. The molecule has 0 aliphatic heterocycles. The Morgan fingerprint density at radius 1 is 1.07 bits per heavy atom. The van der Waals surface area contributed by atoms with E-state index in [2.05, 4.69) is 6.07 Å². The Kier molecular flexibility index (Phi) is 2.36. The van der Waals surface area contributed by atoms with Crippen LogP contribution in [0.3, 0.4) is 0 Å². The van der Waals surface area contributed by atoms with Crippen molar-refractivity contribution in [2.75, 3.05) is 5.73 Å². The third-order valence-electron chi connectivity index (χ3n) is 1.77. The first-order valence-corrected chi connectivity index (χ1v) is 4.34. The molecular formula is C12H10NO. The lowest BCUT2D eigenvalue weighted by atomic mass is 10.3. The number of ether oxygens (including phenoxy) is 1. The van der Waals surface area contributed by atoms with Gasteiger partial charge in [-0.15, -0.1) is 0 Å². The zero-order chi connectivity index (χ0) is 9.80. The molecular weight excluding hydrogens is 174 g/mol. The highest BCUT2D eigenvalue weighted by molar-refractivity contribution is 5.45. The van der Waals surface area contributed by atoms with E-state index < -0.39 is 0 Å². The molecule has 0 aromatic heterocycles. The van der Waals surface area contributed by atoms with Gasteiger partial charge in [0, 0.05) is 11.8 Å². The van der Waals surface area contributed by atoms with Gasteiger partial charge in [-0.3, -0.25) is 0 Å². The van der Waals surface area contributed by atoms with Crippen molar-refractivity contribution in [1.29, 1.82) is 0 Å². The maximum absolute atomic E-state index is 5.62. The van der Waals surface area contributed by atoms with E-state index >= 15 is 0 Å². The quantitative estimate of drug-likeness (QED) is 0.728. The largest absolute Gasteiger partial charge is 0.457 e. The maximum atomic E-state index is 5.62. The molecule has 0 atom stereocenters. The topological polar surface area (TPSA) is 35.2 Å². The van der Waals surface area contributed by atoms with E-state index in [0.29, 0.717) is 5.69 Å². The van der Waals surface area contributed by atoms with E-state index in [9.17, 15) is 0 Å². The molecule has 1 radical (unpaired) electrons. The molecule has 14 heavy (non-hydrogen) atoms. The smallest absolute Gasteiger partial charge is 0.129 e. The predicted octanol–water partition coefficient (Wildman–Crippen LogP) is 2.86. The fourth-order valence-electron chi connectivity index (χ4n) is 1.15. The van der Waals surface area contributed by atoms with Crippen molar-refractivity contribution in [3.63, 3.8) is 0 Å². The molecule has 0 unspecified atom stereocenters. The second-order valence-electron chi connectivity index (χ2n) is 2.91. The molecule has 0 aliphatic carbocycles. The molecule has 0 bridgehead atoms. The highest BCUT2D eigenvalue weighted by atomic mass is 16.5. The summed E-state index contributed by atoms with van der Waals surface area (Å²) in [5.41, 5.74) is 6.32. The van der Waals surface area contributed by atoms with Crippen LogP contribution in [-0.4, -0.2) is 0 Å². The highest BCUT2D eigenvalue weighted by Crippen LogP contribution is 2.21. The van der Waals surface area contributed by atoms with Gasteiger partial charge in [0.1, 0.15) is 11.5 Å². The fraction of sp³-hybridized carbons (Fsp3) is 0. The average molecular weight is 184 g/mol. The summed E-state index contributed by atoms with van der Waals surface area (Å²) in [4.78, 5) is 0. The van der Waals surface area contributed by atoms with Crippen LogP contribution in [0.5, 0.6) is 11.5 Å². The fourth-order valence-corrected chi connectivity index (χ4v) is 1.15. The maximum Gasteiger partial charge on any atom is 0.129 e. The van der Waals surface area contributed by atoms with Gasteiger partial charge in [0.15, 0.2) is 0 Å². The number of rotatable bonds is 2. The Hall–Kier alpha value is -1.96. The lowest BCUT2D eigenvalue weighted by Crippen LogP contribution is -1.87. The molecule has 2 heteroatoms. The molecule has 0 fully saturated rings. The van der Waals surface area contributed by atoms with E-state index in [4.69, 9.17) is 10.5 Å². The number of hydrogen-bond acceptors (Lipinski definition) is 2. The van der Waals surface area contributed by atoms with Crippen molar-refractivity contribution in [3.05, 3.63) is 54.6 Å². The van der Waals surface area contributed by atoms with E-state index in [1.807, 2.05) is 36.4 Å². The van der Waals surface area contributed by atoms with E-state index in [1.54, 1.807) is 12.1 Å². The third-order valence-corrected chi connectivity index (χ3v) is 1.77. The molecule has 0 spiro atoms. The van der Waals surface area contributed by atoms with Crippen molar-refractivity contribution in [1.82, 2.24) is 0 Å². The van der Waals surface area contributed by atoms with Crippen molar-refractivity contribution in [3.8, 4) is 11.5 Å². The summed E-state index contributed by atoms with van der Waals surface area (Å²) < 4.78 is 5.55. The highest BCUT2D eigenvalue weighted by Gasteiger charge is 1.95. The van der Waals surface area contributed by atoms with Crippen molar-refractivity contribution < 1.29 is 4.74 Å². The summed E-state index contributed by atoms with van der Waals surface area (Å²) in [7, 11) is 0. The molecule has 69 valence electrons. The van der Waals surface area contributed by atoms with Crippen molar-refractivity contribution >= 4 is 5.69 Å². The molecule has 2 aromatic carbocycles. The van der Waals surface area contributed by atoms with Gasteiger partial charge in [0.05, 0.1) is 0 Å². The minimum absolute atomic E-state index is 0.697. The van der Waals surface area contributed by atoms with E-state index in [0.717, 1.165) is 11.5 Å². The standard InChI is InChI=1S/C12H10NO/c13-10-5-4-8-12(9-10)14-11-6-2-1-3-7-11/h1-2,4-9H,13H2.